The molecule has 1 aromatic heterocycles. The number of nitrogens with zero attached hydrogens (tertiary/aromatic N) is 2. The lowest BCUT2D eigenvalue weighted by molar-refractivity contribution is 0.0327. The van der Waals surface area contributed by atoms with Crippen molar-refractivity contribution >= 4 is 0 Å². The number of aromatic nitrogens is 1. The highest BCUT2D eigenvalue weighted by molar-refractivity contribution is 5.20. The first kappa shape index (κ1) is 18.3. The number of aliphatic hydroxyl groups is 2. The van der Waals surface area contributed by atoms with E-state index >= 15 is 0 Å². The van der Waals surface area contributed by atoms with Gasteiger partial charge in [-0.3, -0.25) is 9.88 Å². The topological polar surface area (TPSA) is 76.8 Å². The normalized spacial score (nSPS) is 29.0. The van der Waals surface area contributed by atoms with E-state index in [1.807, 2.05) is 0 Å². The number of rotatable bonds is 5. The molecule has 0 amide bonds. The first-order chi connectivity index (χ1) is 12.9. The molecule has 1 aliphatic heterocycles. The molecule has 6 heteroatoms. The van der Waals surface area contributed by atoms with Gasteiger partial charge in [0.2, 0.25) is 0 Å². The van der Waals surface area contributed by atoms with Crippen LogP contribution in [0.4, 0.5) is 4.39 Å². The number of hydrogen-bond donors (Lipinski definition) is 3. The predicted octanol–water partition coefficient (Wildman–Crippen LogP) is 2.28. The molecule has 4 atom stereocenters. The Morgan fingerprint density at radius 1 is 1.11 bits per heavy atom. The predicted molar refractivity (Wildman–Crippen MR) is 98.6 cm³/mol. The Labute approximate surface area is 158 Å². The number of pyridine rings is 1. The molecule has 0 spiro atoms. The Kier molecular flexibility index (Phi) is 4.88. The van der Waals surface area contributed by atoms with Gasteiger partial charge in [-0.15, -0.1) is 0 Å². The number of β-amino-alcohol motifs (C(OH)–C–C–N with tert-alkyl or cyclic N) is 1. The van der Waals surface area contributed by atoms with Crippen molar-refractivity contribution in [2.75, 3.05) is 19.6 Å². The summed E-state index contributed by atoms with van der Waals surface area (Å²) in [5, 5.41) is 30.7. The van der Waals surface area contributed by atoms with Gasteiger partial charge in [0.05, 0.1) is 17.5 Å². The van der Waals surface area contributed by atoms with Gasteiger partial charge in [0.25, 0.3) is 0 Å². The summed E-state index contributed by atoms with van der Waals surface area (Å²) in [5.74, 6) is 0.652. The van der Waals surface area contributed by atoms with Crippen LogP contribution in [0.2, 0.25) is 0 Å². The summed E-state index contributed by atoms with van der Waals surface area (Å²) in [4.78, 5) is 6.30. The summed E-state index contributed by atoms with van der Waals surface area (Å²) in [7, 11) is 0. The van der Waals surface area contributed by atoms with Crippen LogP contribution in [-0.4, -0.2) is 50.4 Å². The fourth-order valence-corrected chi connectivity index (χ4v) is 4.77. The molecule has 1 saturated heterocycles. The second kappa shape index (κ2) is 7.19. The smallest absolute Gasteiger partial charge is 0.133 e. The van der Waals surface area contributed by atoms with E-state index in [1.54, 1.807) is 18.2 Å². The van der Waals surface area contributed by atoms with E-state index in [-0.39, 0.29) is 11.6 Å². The molecule has 0 bridgehead atoms. The van der Waals surface area contributed by atoms with Gasteiger partial charge in [0.15, 0.2) is 0 Å². The van der Waals surface area contributed by atoms with Gasteiger partial charge in [0, 0.05) is 26.1 Å². The zero-order chi connectivity index (χ0) is 19.0. The highest BCUT2D eigenvalue weighted by atomic mass is 19.1. The minimum atomic E-state index is -0.726. The molecule has 4 rings (SSSR count). The molecule has 1 saturated carbocycles. The molecule has 1 aromatic carbocycles. The minimum absolute atomic E-state index is 0.0853. The third kappa shape index (κ3) is 4.13. The van der Waals surface area contributed by atoms with Crippen molar-refractivity contribution in [1.82, 2.24) is 9.88 Å². The summed E-state index contributed by atoms with van der Waals surface area (Å²) in [6.07, 6.45) is 2.67. The lowest BCUT2D eigenvalue weighted by atomic mass is 9.91. The maximum atomic E-state index is 13.1. The number of likely N-dealkylation sites (tertiary alicyclic amines) is 1. The maximum absolute atomic E-state index is 13.1. The lowest BCUT2D eigenvalue weighted by Gasteiger charge is -2.27. The number of halogens is 1. The fourth-order valence-electron chi connectivity index (χ4n) is 4.77. The van der Waals surface area contributed by atoms with E-state index in [2.05, 4.69) is 9.88 Å². The molecular weight excluding hydrogens is 347 g/mol. The highest BCUT2D eigenvalue weighted by Crippen LogP contribution is 2.45. The largest absolute Gasteiger partial charge is 0.506 e. The van der Waals surface area contributed by atoms with Crippen LogP contribution in [0.1, 0.15) is 30.2 Å². The van der Waals surface area contributed by atoms with Crippen molar-refractivity contribution in [3.8, 4) is 5.75 Å². The van der Waals surface area contributed by atoms with E-state index in [1.165, 1.54) is 24.4 Å². The quantitative estimate of drug-likeness (QED) is 0.751. The second-order valence-electron chi connectivity index (χ2n) is 8.13. The van der Waals surface area contributed by atoms with Crippen molar-refractivity contribution in [3.05, 3.63) is 59.7 Å². The molecule has 0 radical (unpaired) electrons. The molecule has 0 unspecified atom stereocenters. The monoisotopic (exact) mass is 372 g/mol. The van der Waals surface area contributed by atoms with Crippen LogP contribution < -0.4 is 0 Å². The average molecular weight is 372 g/mol. The number of fused-ring (bicyclic) bond motifs is 1. The van der Waals surface area contributed by atoms with E-state index in [4.69, 9.17) is 0 Å². The van der Waals surface area contributed by atoms with E-state index in [0.717, 1.165) is 31.5 Å². The van der Waals surface area contributed by atoms with Gasteiger partial charge in [-0.2, -0.15) is 0 Å². The van der Waals surface area contributed by atoms with Crippen LogP contribution in [0.5, 0.6) is 5.75 Å². The van der Waals surface area contributed by atoms with Gasteiger partial charge >= 0.3 is 0 Å². The van der Waals surface area contributed by atoms with Crippen LogP contribution in [0, 0.1) is 17.7 Å². The number of hydrogen-bond acceptors (Lipinski definition) is 5. The van der Waals surface area contributed by atoms with Crippen molar-refractivity contribution in [2.24, 2.45) is 11.8 Å². The van der Waals surface area contributed by atoms with Crippen molar-refractivity contribution in [1.29, 1.82) is 0 Å². The fraction of sp³-hybridized carbons (Fsp3) is 0.476. The molecule has 2 aliphatic rings. The van der Waals surface area contributed by atoms with Crippen molar-refractivity contribution < 1.29 is 19.7 Å². The van der Waals surface area contributed by atoms with Gasteiger partial charge in [-0.1, -0.05) is 12.1 Å². The third-order valence-electron chi connectivity index (χ3n) is 5.93. The molecule has 3 N–H and O–H groups in total. The zero-order valence-electron chi connectivity index (χ0n) is 15.1. The molecule has 2 aromatic rings. The van der Waals surface area contributed by atoms with Crippen LogP contribution in [0.15, 0.2) is 42.6 Å². The highest BCUT2D eigenvalue weighted by Gasteiger charge is 2.48. The molecule has 27 heavy (non-hydrogen) atoms. The Balaban J connectivity index is 1.32. The van der Waals surface area contributed by atoms with Crippen LogP contribution >= 0.6 is 0 Å². The lowest BCUT2D eigenvalue weighted by Crippen LogP contribution is -2.33. The summed E-state index contributed by atoms with van der Waals surface area (Å²) in [6, 6.07) is 9.53. The number of benzene rings is 1. The summed E-state index contributed by atoms with van der Waals surface area (Å²) in [6.45, 7) is 2.21. The van der Waals surface area contributed by atoms with Crippen LogP contribution in [-0.2, 0) is 6.42 Å². The number of aromatic hydroxyl groups is 1. The van der Waals surface area contributed by atoms with Crippen LogP contribution in [0.3, 0.4) is 0 Å². The zero-order valence-corrected chi connectivity index (χ0v) is 15.1. The van der Waals surface area contributed by atoms with Crippen molar-refractivity contribution in [2.45, 2.75) is 31.0 Å². The Bertz CT molecular complexity index is 767. The molecule has 1 aliphatic carbocycles. The standard InChI is InChI=1S/C21H25FN2O3/c22-17-3-1-14(2-4-17)7-21(27)8-15-11-24(12-16(15)9-21)13-20(26)19-6-5-18(25)10-23-19/h1-6,10,15-16,20,25-27H,7-9,11-13H2/t15-,16+,20-,21-/m1/s1. The average Bonchev–Trinajstić information content (AvgIpc) is 3.11. The van der Waals surface area contributed by atoms with E-state index in [0.29, 0.717) is 30.5 Å². The molecule has 2 fully saturated rings. The van der Waals surface area contributed by atoms with Gasteiger partial charge in [-0.25, -0.2) is 4.39 Å². The third-order valence-corrected chi connectivity index (χ3v) is 5.93. The van der Waals surface area contributed by atoms with Gasteiger partial charge < -0.3 is 15.3 Å². The molecule has 2 heterocycles. The summed E-state index contributed by atoms with van der Waals surface area (Å²) < 4.78 is 13.1. The minimum Gasteiger partial charge on any atom is -0.506 e. The van der Waals surface area contributed by atoms with Crippen LogP contribution in [0.25, 0.3) is 0 Å². The Hall–Kier alpha value is -2.02. The summed E-state index contributed by atoms with van der Waals surface area (Å²) in [5.41, 5.74) is 0.790. The first-order valence-electron chi connectivity index (χ1n) is 9.42. The Morgan fingerprint density at radius 2 is 1.78 bits per heavy atom. The molecular formula is C21H25FN2O3. The van der Waals surface area contributed by atoms with Crippen molar-refractivity contribution in [3.63, 3.8) is 0 Å². The molecule has 144 valence electrons. The summed E-state index contributed by atoms with van der Waals surface area (Å²) >= 11 is 0. The first-order valence-corrected chi connectivity index (χ1v) is 9.42. The van der Waals surface area contributed by atoms with Gasteiger partial charge in [-0.05, 0) is 54.5 Å². The second-order valence-corrected chi connectivity index (χ2v) is 8.13. The number of aliphatic hydroxyl groups excluding tert-OH is 1. The molecule has 5 nitrogen and oxygen atoms in total. The van der Waals surface area contributed by atoms with E-state index < -0.39 is 11.7 Å². The Morgan fingerprint density at radius 3 is 2.37 bits per heavy atom. The SMILES string of the molecule is Oc1ccc([C@H](O)CN2C[C@@H]3C[C@@](O)(Cc4ccc(F)cc4)C[C@@H]3C2)nc1. The van der Waals surface area contributed by atoms with E-state index in [9.17, 15) is 19.7 Å². The maximum Gasteiger partial charge on any atom is 0.133 e. The van der Waals surface area contributed by atoms with Gasteiger partial charge in [0.1, 0.15) is 17.7 Å².